The van der Waals surface area contributed by atoms with E-state index in [0.29, 0.717) is 25.8 Å². The zero-order chi connectivity index (χ0) is 16.6. The van der Waals surface area contributed by atoms with Crippen molar-refractivity contribution >= 4 is 11.9 Å². The maximum atomic E-state index is 12.8. The number of amides is 1. The van der Waals surface area contributed by atoms with Gasteiger partial charge in [0.1, 0.15) is 23.6 Å². The Kier molecular flexibility index (Phi) is 3.92. The van der Waals surface area contributed by atoms with Gasteiger partial charge in [-0.3, -0.25) is 4.79 Å². The summed E-state index contributed by atoms with van der Waals surface area (Å²) in [5, 5.41) is 9.47. The Hall–Kier alpha value is -2.24. The van der Waals surface area contributed by atoms with Crippen LogP contribution in [0.4, 0.5) is 0 Å². The van der Waals surface area contributed by atoms with Gasteiger partial charge in [0.25, 0.3) is 0 Å². The van der Waals surface area contributed by atoms with Crippen molar-refractivity contribution < 1.29 is 24.2 Å². The molecule has 0 radical (unpaired) electrons. The molecule has 0 bridgehead atoms. The summed E-state index contributed by atoms with van der Waals surface area (Å²) in [5.74, 6) is 0.0451. The van der Waals surface area contributed by atoms with Crippen LogP contribution in [0.15, 0.2) is 18.2 Å². The Morgan fingerprint density at radius 2 is 2.22 bits per heavy atom. The van der Waals surface area contributed by atoms with Crippen molar-refractivity contribution in [3.05, 3.63) is 23.8 Å². The Balaban J connectivity index is 1.80. The highest BCUT2D eigenvalue weighted by Gasteiger charge is 2.47. The van der Waals surface area contributed by atoms with Gasteiger partial charge >= 0.3 is 5.97 Å². The molecular weight excluding hydrogens is 298 g/mol. The monoisotopic (exact) mass is 319 g/mol. The average Bonchev–Trinajstić information content (AvgIpc) is 2.96. The molecule has 1 N–H and O–H groups in total. The molecule has 23 heavy (non-hydrogen) atoms. The van der Waals surface area contributed by atoms with Crippen molar-refractivity contribution in [2.75, 3.05) is 20.3 Å². The van der Waals surface area contributed by atoms with E-state index in [4.69, 9.17) is 9.47 Å². The molecule has 0 spiro atoms. The van der Waals surface area contributed by atoms with Crippen LogP contribution in [0.1, 0.15) is 25.3 Å². The van der Waals surface area contributed by atoms with Crippen LogP contribution in [0.3, 0.4) is 0 Å². The fourth-order valence-electron chi connectivity index (χ4n) is 3.42. The van der Waals surface area contributed by atoms with Crippen LogP contribution in [-0.2, 0) is 16.0 Å². The second kappa shape index (κ2) is 5.76. The Morgan fingerprint density at radius 3 is 2.91 bits per heavy atom. The summed E-state index contributed by atoms with van der Waals surface area (Å²) in [6.07, 6.45) is 1.75. The first-order chi connectivity index (χ1) is 11.0. The van der Waals surface area contributed by atoms with Gasteiger partial charge in [-0.25, -0.2) is 4.79 Å². The molecule has 1 fully saturated rings. The summed E-state index contributed by atoms with van der Waals surface area (Å²) in [4.78, 5) is 25.9. The Morgan fingerprint density at radius 1 is 1.43 bits per heavy atom. The predicted molar refractivity (Wildman–Crippen MR) is 82.7 cm³/mol. The van der Waals surface area contributed by atoms with Gasteiger partial charge in [-0.1, -0.05) is 0 Å². The van der Waals surface area contributed by atoms with Crippen LogP contribution >= 0.6 is 0 Å². The van der Waals surface area contributed by atoms with Crippen molar-refractivity contribution in [2.24, 2.45) is 5.92 Å². The topological polar surface area (TPSA) is 76.1 Å². The highest BCUT2D eigenvalue weighted by atomic mass is 16.5. The van der Waals surface area contributed by atoms with Crippen molar-refractivity contribution in [1.29, 1.82) is 0 Å². The van der Waals surface area contributed by atoms with Gasteiger partial charge in [0.15, 0.2) is 0 Å². The van der Waals surface area contributed by atoms with Gasteiger partial charge in [-0.15, -0.1) is 0 Å². The third-order valence-corrected chi connectivity index (χ3v) is 4.89. The number of ether oxygens (including phenoxy) is 2. The molecule has 0 saturated carbocycles. The van der Waals surface area contributed by atoms with E-state index in [0.717, 1.165) is 17.1 Å². The second-order valence-electron chi connectivity index (χ2n) is 6.36. The largest absolute Gasteiger partial charge is 0.497 e. The number of carbonyl (C=O) groups is 2. The lowest BCUT2D eigenvalue weighted by Crippen LogP contribution is -2.53. The number of nitrogens with zero attached hydrogens (tertiary/aromatic N) is 1. The number of rotatable bonds is 3. The Labute approximate surface area is 135 Å². The van der Waals surface area contributed by atoms with E-state index >= 15 is 0 Å². The number of carboxylic acid groups (broad SMARTS) is 1. The SMILES string of the molecule is COc1ccc2c(c1)CC(C(=O)N1CCCC1(C)C(=O)O)CO2. The number of aliphatic carboxylic acids is 1. The molecule has 1 saturated heterocycles. The molecule has 6 nitrogen and oxygen atoms in total. The Bertz CT molecular complexity index is 644. The number of methoxy groups -OCH3 is 1. The second-order valence-corrected chi connectivity index (χ2v) is 6.36. The van der Waals surface area contributed by atoms with E-state index in [1.807, 2.05) is 18.2 Å². The van der Waals surface area contributed by atoms with Gasteiger partial charge in [-0.05, 0) is 49.9 Å². The van der Waals surface area contributed by atoms with Crippen LogP contribution in [0.25, 0.3) is 0 Å². The molecule has 2 unspecified atom stereocenters. The minimum Gasteiger partial charge on any atom is -0.497 e. The molecule has 1 aromatic rings. The molecular formula is C17H21NO5. The first-order valence-corrected chi connectivity index (χ1v) is 7.80. The third-order valence-electron chi connectivity index (χ3n) is 4.89. The quantitative estimate of drug-likeness (QED) is 0.918. The molecule has 124 valence electrons. The zero-order valence-electron chi connectivity index (χ0n) is 13.4. The van der Waals surface area contributed by atoms with E-state index in [2.05, 4.69) is 0 Å². The normalized spacial score (nSPS) is 26.3. The number of benzene rings is 1. The number of fused-ring (bicyclic) bond motifs is 1. The number of likely N-dealkylation sites (tertiary alicyclic amines) is 1. The van der Waals surface area contributed by atoms with Gasteiger partial charge in [-0.2, -0.15) is 0 Å². The molecule has 2 aliphatic rings. The van der Waals surface area contributed by atoms with Crippen LogP contribution in [-0.4, -0.2) is 47.7 Å². The molecule has 2 heterocycles. The summed E-state index contributed by atoms with van der Waals surface area (Å²) in [7, 11) is 1.59. The first kappa shape index (κ1) is 15.6. The van der Waals surface area contributed by atoms with Gasteiger partial charge < -0.3 is 19.5 Å². The minimum atomic E-state index is -1.11. The smallest absolute Gasteiger partial charge is 0.329 e. The van der Waals surface area contributed by atoms with Crippen molar-refractivity contribution in [1.82, 2.24) is 4.90 Å². The predicted octanol–water partition coefficient (Wildman–Crippen LogP) is 1.71. The fraction of sp³-hybridized carbons (Fsp3) is 0.529. The third kappa shape index (κ3) is 2.62. The zero-order valence-corrected chi connectivity index (χ0v) is 13.4. The number of hydrogen-bond acceptors (Lipinski definition) is 4. The van der Waals surface area contributed by atoms with Crippen molar-refractivity contribution in [3.63, 3.8) is 0 Å². The minimum absolute atomic E-state index is 0.138. The molecule has 2 atom stereocenters. The van der Waals surface area contributed by atoms with Crippen LogP contribution in [0, 0.1) is 5.92 Å². The number of carboxylic acids is 1. The molecule has 3 rings (SSSR count). The van der Waals surface area contributed by atoms with E-state index in [1.54, 1.807) is 14.0 Å². The van der Waals surface area contributed by atoms with Gasteiger partial charge in [0.05, 0.1) is 13.0 Å². The van der Waals surface area contributed by atoms with Crippen molar-refractivity contribution in [2.45, 2.75) is 31.7 Å². The maximum Gasteiger partial charge on any atom is 0.329 e. The maximum absolute atomic E-state index is 12.8. The summed E-state index contributed by atoms with van der Waals surface area (Å²) < 4.78 is 10.9. The van der Waals surface area contributed by atoms with Crippen LogP contribution in [0.2, 0.25) is 0 Å². The lowest BCUT2D eigenvalue weighted by atomic mass is 9.92. The number of hydrogen-bond donors (Lipinski definition) is 1. The molecule has 0 aliphatic carbocycles. The highest BCUT2D eigenvalue weighted by Crippen LogP contribution is 2.35. The molecule has 2 aliphatic heterocycles. The lowest BCUT2D eigenvalue weighted by molar-refractivity contribution is -0.157. The number of carbonyl (C=O) groups excluding carboxylic acids is 1. The lowest BCUT2D eigenvalue weighted by Gasteiger charge is -2.35. The van der Waals surface area contributed by atoms with Gasteiger partial charge in [0, 0.05) is 6.54 Å². The summed E-state index contributed by atoms with van der Waals surface area (Å²) in [6, 6.07) is 5.53. The highest BCUT2D eigenvalue weighted by molar-refractivity contribution is 5.89. The van der Waals surface area contributed by atoms with E-state index in [-0.39, 0.29) is 18.4 Å². The molecule has 0 aromatic heterocycles. The summed E-state index contributed by atoms with van der Waals surface area (Å²) >= 11 is 0. The van der Waals surface area contributed by atoms with E-state index in [1.165, 1.54) is 4.90 Å². The first-order valence-electron chi connectivity index (χ1n) is 7.80. The molecule has 1 aromatic carbocycles. The standard InChI is InChI=1S/C17H21NO5/c1-17(16(20)21)6-3-7-18(17)15(19)12-8-11-9-13(22-2)4-5-14(11)23-10-12/h4-5,9,12H,3,6-8,10H2,1-2H3,(H,20,21). The fourth-order valence-corrected chi connectivity index (χ4v) is 3.42. The van der Waals surface area contributed by atoms with Crippen molar-refractivity contribution in [3.8, 4) is 11.5 Å². The molecule has 6 heteroatoms. The van der Waals surface area contributed by atoms with E-state index < -0.39 is 11.5 Å². The van der Waals surface area contributed by atoms with Crippen LogP contribution in [0.5, 0.6) is 11.5 Å². The van der Waals surface area contributed by atoms with Crippen LogP contribution < -0.4 is 9.47 Å². The van der Waals surface area contributed by atoms with E-state index in [9.17, 15) is 14.7 Å². The molecule has 1 amide bonds. The average molecular weight is 319 g/mol. The summed E-state index contributed by atoms with van der Waals surface area (Å²) in [5.41, 5.74) is -0.184. The summed E-state index contributed by atoms with van der Waals surface area (Å²) in [6.45, 7) is 2.40. The van der Waals surface area contributed by atoms with Gasteiger partial charge in [0.2, 0.25) is 5.91 Å².